The van der Waals surface area contributed by atoms with Gasteiger partial charge in [-0.3, -0.25) is 5.10 Å². The molecular formula is C11H8F2N4OS. The van der Waals surface area contributed by atoms with Gasteiger partial charge >= 0.3 is 6.61 Å². The maximum atomic E-state index is 12.5. The number of alkyl halides is 2. The maximum absolute atomic E-state index is 12.5. The topological polar surface area (TPSA) is 76.8 Å². The minimum Gasteiger partial charge on any atom is -0.434 e. The molecule has 3 N–H and O–H groups in total. The highest BCUT2D eigenvalue weighted by molar-refractivity contribution is 7.13. The minimum atomic E-state index is -2.91. The zero-order valence-electron chi connectivity index (χ0n) is 9.43. The van der Waals surface area contributed by atoms with Crippen LogP contribution < -0.4 is 10.5 Å². The number of hydrogen-bond donors (Lipinski definition) is 2. The molecule has 0 saturated carbocycles. The van der Waals surface area contributed by atoms with Gasteiger partial charge in [0.25, 0.3) is 0 Å². The van der Waals surface area contributed by atoms with E-state index < -0.39 is 6.61 Å². The van der Waals surface area contributed by atoms with Gasteiger partial charge in [0.05, 0.1) is 10.4 Å². The number of nitrogens with two attached hydrogens (primary N) is 1. The third kappa shape index (κ3) is 2.10. The van der Waals surface area contributed by atoms with E-state index >= 15 is 0 Å². The molecular weight excluding hydrogens is 274 g/mol. The van der Waals surface area contributed by atoms with Gasteiger partial charge in [0, 0.05) is 29.4 Å². The zero-order chi connectivity index (χ0) is 13.4. The molecule has 19 heavy (non-hydrogen) atoms. The van der Waals surface area contributed by atoms with Crippen molar-refractivity contribution in [3.8, 4) is 17.0 Å². The number of ether oxygens (including phenoxy) is 1. The molecule has 2 aromatic heterocycles. The fourth-order valence-corrected chi connectivity index (χ4v) is 2.45. The van der Waals surface area contributed by atoms with E-state index in [1.54, 1.807) is 12.3 Å². The van der Waals surface area contributed by atoms with Crippen LogP contribution in [0.2, 0.25) is 0 Å². The summed E-state index contributed by atoms with van der Waals surface area (Å²) in [5.74, 6) is 0.0329. The largest absolute Gasteiger partial charge is 0.434 e. The lowest BCUT2D eigenvalue weighted by Crippen LogP contribution is -2.03. The summed E-state index contributed by atoms with van der Waals surface area (Å²) in [6.45, 7) is -2.91. The van der Waals surface area contributed by atoms with Gasteiger partial charge in [-0.05, 0) is 17.6 Å². The van der Waals surface area contributed by atoms with E-state index in [1.807, 2.05) is 0 Å². The van der Waals surface area contributed by atoms with Gasteiger partial charge in [-0.1, -0.05) is 0 Å². The number of H-pyrrole nitrogens is 1. The van der Waals surface area contributed by atoms with Gasteiger partial charge in [0.2, 0.25) is 0 Å². The van der Waals surface area contributed by atoms with Crippen LogP contribution in [0.25, 0.3) is 21.3 Å². The van der Waals surface area contributed by atoms with Crippen molar-refractivity contribution < 1.29 is 13.5 Å². The highest BCUT2D eigenvalue weighted by atomic mass is 32.1. The average molecular weight is 282 g/mol. The van der Waals surface area contributed by atoms with Crippen molar-refractivity contribution in [2.45, 2.75) is 6.61 Å². The second kappa shape index (κ2) is 4.47. The van der Waals surface area contributed by atoms with Crippen LogP contribution in [0.3, 0.4) is 0 Å². The summed E-state index contributed by atoms with van der Waals surface area (Å²) in [6, 6.07) is 3.20. The molecule has 0 fully saturated rings. The van der Waals surface area contributed by atoms with Crippen molar-refractivity contribution in [3.63, 3.8) is 0 Å². The fraction of sp³-hybridized carbons (Fsp3) is 0.0909. The van der Waals surface area contributed by atoms with E-state index in [4.69, 9.17) is 5.73 Å². The van der Waals surface area contributed by atoms with E-state index in [1.165, 1.54) is 23.8 Å². The highest BCUT2D eigenvalue weighted by Crippen LogP contribution is 2.37. The summed E-state index contributed by atoms with van der Waals surface area (Å²) in [7, 11) is 0. The number of rotatable bonds is 3. The number of aromatic nitrogens is 3. The Kier molecular flexibility index (Phi) is 2.79. The van der Waals surface area contributed by atoms with Crippen LogP contribution in [-0.4, -0.2) is 21.2 Å². The van der Waals surface area contributed by atoms with Crippen LogP contribution in [0.1, 0.15) is 0 Å². The molecule has 0 aliphatic carbocycles. The molecule has 0 aliphatic heterocycles. The lowest BCUT2D eigenvalue weighted by atomic mass is 10.1. The van der Waals surface area contributed by atoms with Crippen molar-refractivity contribution in [3.05, 3.63) is 24.5 Å². The molecule has 0 radical (unpaired) electrons. The Morgan fingerprint density at radius 3 is 2.89 bits per heavy atom. The normalized spacial score (nSPS) is 11.3. The van der Waals surface area contributed by atoms with Crippen molar-refractivity contribution in [2.75, 3.05) is 5.73 Å². The van der Waals surface area contributed by atoms with Crippen LogP contribution in [0.4, 0.5) is 14.5 Å². The van der Waals surface area contributed by atoms with E-state index in [9.17, 15) is 8.78 Å². The van der Waals surface area contributed by atoms with E-state index in [2.05, 4.69) is 19.3 Å². The summed E-state index contributed by atoms with van der Waals surface area (Å²) in [4.78, 5) is 0. The van der Waals surface area contributed by atoms with Crippen LogP contribution in [0, 0.1) is 0 Å². The number of hydrogen-bond acceptors (Lipinski definition) is 5. The number of fused-ring (bicyclic) bond motifs is 1. The quantitative estimate of drug-likeness (QED) is 0.774. The number of nitrogen functional groups attached to an aromatic ring is 1. The summed E-state index contributed by atoms with van der Waals surface area (Å²) < 4.78 is 34.3. The van der Waals surface area contributed by atoms with Gasteiger partial charge in [-0.25, -0.2) is 0 Å². The predicted molar refractivity (Wildman–Crippen MR) is 68.2 cm³/mol. The highest BCUT2D eigenvalue weighted by Gasteiger charge is 2.17. The summed E-state index contributed by atoms with van der Waals surface area (Å²) >= 11 is 1.20. The lowest BCUT2D eigenvalue weighted by molar-refractivity contribution is -0.0493. The molecule has 3 aromatic rings. The number of nitrogens with zero attached hydrogens (tertiary/aromatic N) is 2. The Labute approximate surface area is 110 Å². The smallest absolute Gasteiger partial charge is 0.387 e. The van der Waals surface area contributed by atoms with Gasteiger partial charge in [-0.2, -0.15) is 18.3 Å². The van der Waals surface area contributed by atoms with Crippen LogP contribution >= 0.6 is 11.5 Å². The summed E-state index contributed by atoms with van der Waals surface area (Å²) in [5.41, 5.74) is 6.89. The summed E-state index contributed by atoms with van der Waals surface area (Å²) in [5, 5.41) is 7.36. The second-order valence-electron chi connectivity index (χ2n) is 3.78. The van der Waals surface area contributed by atoms with Crippen LogP contribution in [0.5, 0.6) is 5.75 Å². The molecule has 0 aliphatic rings. The first-order valence-corrected chi connectivity index (χ1v) is 6.05. The molecule has 5 nitrogen and oxygen atoms in total. The average Bonchev–Trinajstić information content (AvgIpc) is 2.95. The molecule has 2 heterocycles. The number of halogens is 2. The van der Waals surface area contributed by atoms with Crippen molar-refractivity contribution in [1.29, 1.82) is 0 Å². The van der Waals surface area contributed by atoms with Crippen molar-refractivity contribution in [2.24, 2.45) is 0 Å². The second-order valence-corrected chi connectivity index (χ2v) is 4.61. The van der Waals surface area contributed by atoms with Crippen molar-refractivity contribution >= 4 is 27.3 Å². The molecule has 8 heteroatoms. The van der Waals surface area contributed by atoms with Gasteiger partial charge in [0.15, 0.2) is 0 Å². The Hall–Kier alpha value is -2.22. The van der Waals surface area contributed by atoms with Gasteiger partial charge in [0.1, 0.15) is 11.4 Å². The third-order valence-electron chi connectivity index (χ3n) is 2.60. The molecule has 0 bridgehead atoms. The molecule has 98 valence electrons. The molecule has 0 atom stereocenters. The molecule has 0 amide bonds. The molecule has 1 aromatic carbocycles. The summed E-state index contributed by atoms with van der Waals surface area (Å²) in [6.07, 6.45) is 3.13. The SMILES string of the molecule is Nc1c[nH]nc1-c1cc2cnsc2cc1OC(F)F. The van der Waals surface area contributed by atoms with Crippen molar-refractivity contribution in [1.82, 2.24) is 14.6 Å². The number of benzene rings is 1. The third-order valence-corrected chi connectivity index (χ3v) is 3.36. The molecule has 0 saturated heterocycles. The Morgan fingerprint density at radius 2 is 2.21 bits per heavy atom. The minimum absolute atomic E-state index is 0.0329. The first kappa shape index (κ1) is 11.8. The van der Waals surface area contributed by atoms with Crippen LogP contribution in [-0.2, 0) is 0 Å². The fourth-order valence-electron chi connectivity index (χ4n) is 1.79. The number of anilines is 1. The van der Waals surface area contributed by atoms with Gasteiger partial charge < -0.3 is 10.5 Å². The van der Waals surface area contributed by atoms with E-state index in [0.29, 0.717) is 16.9 Å². The Morgan fingerprint density at radius 1 is 1.37 bits per heavy atom. The van der Waals surface area contributed by atoms with E-state index in [-0.39, 0.29) is 5.75 Å². The molecule has 0 spiro atoms. The Bertz CT molecular complexity index is 724. The van der Waals surface area contributed by atoms with Crippen LogP contribution in [0.15, 0.2) is 24.5 Å². The monoisotopic (exact) mass is 282 g/mol. The predicted octanol–water partition coefficient (Wildman–Crippen LogP) is 2.87. The zero-order valence-corrected chi connectivity index (χ0v) is 10.2. The standard InChI is InChI=1S/C11H8F2N4OS/c12-11(13)18-8-2-9-5(3-16-19-9)1-6(8)10-7(14)4-15-17-10/h1-4,11H,14H2,(H,15,17). The number of nitrogens with one attached hydrogen (secondary N) is 1. The first-order chi connectivity index (χ1) is 9.15. The van der Waals surface area contributed by atoms with E-state index in [0.717, 1.165) is 10.1 Å². The molecule has 3 rings (SSSR count). The van der Waals surface area contributed by atoms with Gasteiger partial charge in [-0.15, -0.1) is 0 Å². The Balaban J connectivity index is 2.22. The first-order valence-electron chi connectivity index (χ1n) is 5.28. The number of aromatic amines is 1. The lowest BCUT2D eigenvalue weighted by Gasteiger charge is -2.09. The maximum Gasteiger partial charge on any atom is 0.387 e. The molecule has 0 unspecified atom stereocenters.